The fourth-order valence-corrected chi connectivity index (χ4v) is 1.61. The molecule has 1 saturated heterocycles. The molecule has 0 bridgehead atoms. The Hall–Kier alpha value is -1.10. The number of carbonyl (C=O) groups is 2. The third-order valence-corrected chi connectivity index (χ3v) is 2.17. The Bertz CT molecular complexity index is 243. The summed E-state index contributed by atoms with van der Waals surface area (Å²) < 4.78 is 0. The van der Waals surface area contributed by atoms with E-state index in [0.29, 0.717) is 0 Å². The van der Waals surface area contributed by atoms with Crippen molar-refractivity contribution >= 4 is 11.9 Å². The Labute approximate surface area is 75.7 Å². The van der Waals surface area contributed by atoms with Gasteiger partial charge in [-0.15, -0.1) is 0 Å². The van der Waals surface area contributed by atoms with Crippen molar-refractivity contribution in [3.05, 3.63) is 0 Å². The molecule has 0 aromatic carbocycles. The van der Waals surface area contributed by atoms with Crippen LogP contribution in [-0.2, 0) is 9.59 Å². The highest BCUT2D eigenvalue weighted by Crippen LogP contribution is 2.28. The minimum Gasteiger partial charge on any atom is -0.481 e. The lowest BCUT2D eigenvalue weighted by molar-refractivity contribution is -0.151. The second-order valence-electron chi connectivity index (χ2n) is 3.84. The van der Waals surface area contributed by atoms with Gasteiger partial charge >= 0.3 is 5.97 Å². The Morgan fingerprint density at radius 3 is 2.46 bits per heavy atom. The maximum absolute atomic E-state index is 11.0. The zero-order valence-electron chi connectivity index (χ0n) is 7.57. The summed E-state index contributed by atoms with van der Waals surface area (Å²) in [5, 5.41) is 20.5. The van der Waals surface area contributed by atoms with Crippen molar-refractivity contribution in [1.29, 1.82) is 0 Å². The van der Waals surface area contributed by atoms with Gasteiger partial charge in [-0.2, -0.15) is 0 Å². The Balaban J connectivity index is 2.62. The van der Waals surface area contributed by atoms with Gasteiger partial charge in [0.15, 0.2) is 0 Å². The summed E-state index contributed by atoms with van der Waals surface area (Å²) in [6.45, 7) is 3.01. The van der Waals surface area contributed by atoms with Crippen LogP contribution in [0, 0.1) is 5.92 Å². The second-order valence-corrected chi connectivity index (χ2v) is 3.84. The molecule has 3 N–H and O–H groups in total. The van der Waals surface area contributed by atoms with Gasteiger partial charge in [0, 0.05) is 0 Å². The lowest BCUT2D eigenvalue weighted by Crippen LogP contribution is -2.65. The van der Waals surface area contributed by atoms with E-state index in [2.05, 4.69) is 5.32 Å². The normalized spacial score (nSPS) is 27.8. The van der Waals surface area contributed by atoms with Gasteiger partial charge < -0.3 is 15.5 Å². The van der Waals surface area contributed by atoms with Crippen LogP contribution in [0.1, 0.15) is 20.3 Å². The van der Waals surface area contributed by atoms with E-state index in [9.17, 15) is 14.7 Å². The molecule has 0 radical (unpaired) electrons. The lowest BCUT2D eigenvalue weighted by atomic mass is 9.77. The van der Waals surface area contributed by atoms with Gasteiger partial charge in [0.05, 0.1) is 24.0 Å². The topological polar surface area (TPSA) is 86.6 Å². The lowest BCUT2D eigenvalue weighted by Gasteiger charge is -2.42. The van der Waals surface area contributed by atoms with Crippen LogP contribution in [0.2, 0.25) is 0 Å². The van der Waals surface area contributed by atoms with Crippen molar-refractivity contribution < 1.29 is 19.8 Å². The molecule has 74 valence electrons. The van der Waals surface area contributed by atoms with Crippen LogP contribution in [0.5, 0.6) is 0 Å². The largest absolute Gasteiger partial charge is 0.481 e. The molecule has 5 nitrogen and oxygen atoms in total. The number of hydrogen-bond donors (Lipinski definition) is 3. The second kappa shape index (κ2) is 2.99. The van der Waals surface area contributed by atoms with Crippen molar-refractivity contribution in [2.75, 3.05) is 0 Å². The van der Waals surface area contributed by atoms with Gasteiger partial charge in [0.2, 0.25) is 5.91 Å². The Kier molecular flexibility index (Phi) is 2.30. The van der Waals surface area contributed by atoms with Crippen molar-refractivity contribution in [1.82, 2.24) is 5.32 Å². The predicted molar refractivity (Wildman–Crippen MR) is 44.0 cm³/mol. The third kappa shape index (κ3) is 1.98. The van der Waals surface area contributed by atoms with E-state index in [1.165, 1.54) is 13.8 Å². The van der Waals surface area contributed by atoms with Crippen LogP contribution in [0.4, 0.5) is 0 Å². The summed E-state index contributed by atoms with van der Waals surface area (Å²) in [4.78, 5) is 21.4. The van der Waals surface area contributed by atoms with E-state index in [0.717, 1.165) is 0 Å². The number of carboxylic acids is 1. The molecule has 1 rings (SSSR count). The first-order chi connectivity index (χ1) is 5.82. The fourth-order valence-electron chi connectivity index (χ4n) is 1.61. The molecular formula is C8H13NO4. The first kappa shape index (κ1) is 9.98. The average Bonchev–Trinajstić information content (AvgIpc) is 1.79. The van der Waals surface area contributed by atoms with Gasteiger partial charge in [-0.25, -0.2) is 0 Å². The van der Waals surface area contributed by atoms with Gasteiger partial charge in [-0.05, 0) is 13.8 Å². The summed E-state index contributed by atoms with van der Waals surface area (Å²) >= 11 is 0. The molecule has 5 heteroatoms. The molecule has 1 amide bonds. The van der Waals surface area contributed by atoms with Gasteiger partial charge in [0.25, 0.3) is 0 Å². The number of nitrogens with one attached hydrogen (secondary N) is 1. The number of amides is 1. The zero-order chi connectivity index (χ0) is 10.2. The van der Waals surface area contributed by atoms with E-state index < -0.39 is 23.5 Å². The number of hydrogen-bond acceptors (Lipinski definition) is 3. The molecule has 13 heavy (non-hydrogen) atoms. The molecule has 1 aliphatic heterocycles. The highest BCUT2D eigenvalue weighted by Gasteiger charge is 2.48. The Morgan fingerprint density at radius 2 is 2.15 bits per heavy atom. The molecule has 0 unspecified atom stereocenters. The van der Waals surface area contributed by atoms with E-state index >= 15 is 0 Å². The zero-order valence-corrected chi connectivity index (χ0v) is 7.57. The van der Waals surface area contributed by atoms with E-state index in [4.69, 9.17) is 5.11 Å². The third-order valence-electron chi connectivity index (χ3n) is 2.17. The first-order valence-corrected chi connectivity index (χ1v) is 4.07. The molecule has 1 aliphatic rings. The summed E-state index contributed by atoms with van der Waals surface area (Å²) in [6, 6.07) is -0.440. The minimum atomic E-state index is -1.15. The predicted octanol–water partition coefficient (Wildman–Crippen LogP) is -0.653. The smallest absolute Gasteiger partial charge is 0.305 e. The van der Waals surface area contributed by atoms with Gasteiger partial charge in [0.1, 0.15) is 0 Å². The molecule has 1 fully saturated rings. The van der Waals surface area contributed by atoms with E-state index in [-0.39, 0.29) is 12.3 Å². The number of aliphatic carboxylic acids is 1. The summed E-state index contributed by atoms with van der Waals surface area (Å²) in [7, 11) is 0. The van der Waals surface area contributed by atoms with Crippen molar-refractivity contribution in [3.8, 4) is 0 Å². The number of β-lactam (4-membered cyclic amide) rings is 1. The van der Waals surface area contributed by atoms with Gasteiger partial charge in [-0.1, -0.05) is 0 Å². The fraction of sp³-hybridized carbons (Fsp3) is 0.750. The first-order valence-electron chi connectivity index (χ1n) is 4.07. The molecule has 0 saturated carbocycles. The number of carbonyl (C=O) groups excluding carboxylic acids is 1. The molecule has 0 spiro atoms. The molecule has 0 aliphatic carbocycles. The highest BCUT2D eigenvalue weighted by atomic mass is 16.4. The average molecular weight is 187 g/mol. The van der Waals surface area contributed by atoms with Crippen molar-refractivity contribution in [3.63, 3.8) is 0 Å². The quantitative estimate of drug-likeness (QED) is 0.512. The standard InChI is InChI=1S/C8H13NO4/c1-8(2,13)6-4(3-5(10)11)9-7(6)12/h4,6,13H,3H2,1-2H3,(H,9,12)(H,10,11)/t4-,6-/m1/s1. The van der Waals surface area contributed by atoms with Crippen LogP contribution in [0.3, 0.4) is 0 Å². The van der Waals surface area contributed by atoms with Crippen molar-refractivity contribution in [2.24, 2.45) is 5.92 Å². The van der Waals surface area contributed by atoms with Crippen LogP contribution in [0.25, 0.3) is 0 Å². The highest BCUT2D eigenvalue weighted by molar-refractivity contribution is 5.88. The maximum atomic E-state index is 11.0. The Morgan fingerprint density at radius 1 is 1.62 bits per heavy atom. The monoisotopic (exact) mass is 187 g/mol. The summed E-state index contributed by atoms with van der Waals surface area (Å²) in [5.74, 6) is -1.86. The number of carboxylic acid groups (broad SMARTS) is 1. The van der Waals surface area contributed by atoms with Crippen LogP contribution in [-0.4, -0.2) is 33.7 Å². The number of aliphatic hydroxyl groups is 1. The SMILES string of the molecule is CC(C)(O)[C@H]1C(=O)N[C@@H]1CC(=O)O. The summed E-state index contributed by atoms with van der Waals surface area (Å²) in [6.07, 6.45) is -0.138. The number of rotatable bonds is 3. The minimum absolute atomic E-state index is 0.138. The maximum Gasteiger partial charge on any atom is 0.305 e. The molecule has 2 atom stereocenters. The van der Waals surface area contributed by atoms with Crippen molar-refractivity contribution in [2.45, 2.75) is 31.9 Å². The van der Waals surface area contributed by atoms with Crippen LogP contribution < -0.4 is 5.32 Å². The van der Waals surface area contributed by atoms with E-state index in [1.54, 1.807) is 0 Å². The molecular weight excluding hydrogens is 174 g/mol. The van der Waals surface area contributed by atoms with Gasteiger partial charge in [-0.3, -0.25) is 9.59 Å². The molecule has 0 aromatic heterocycles. The molecule has 0 aromatic rings. The van der Waals surface area contributed by atoms with Crippen LogP contribution >= 0.6 is 0 Å². The van der Waals surface area contributed by atoms with Crippen LogP contribution in [0.15, 0.2) is 0 Å². The van der Waals surface area contributed by atoms with E-state index in [1.807, 2.05) is 0 Å². The molecule has 1 heterocycles. The summed E-state index contributed by atoms with van der Waals surface area (Å²) in [5.41, 5.74) is -1.15.